The molecule has 0 heterocycles. The Morgan fingerprint density at radius 2 is 1.54 bits per heavy atom. The molecule has 28 heavy (non-hydrogen) atoms. The van der Waals surface area contributed by atoms with Gasteiger partial charge in [0.25, 0.3) is 0 Å². The van der Waals surface area contributed by atoms with Gasteiger partial charge in [-0.15, -0.1) is 0 Å². The Bertz CT molecular complexity index is 781. The molecule has 1 aliphatic carbocycles. The van der Waals surface area contributed by atoms with Gasteiger partial charge in [0.1, 0.15) is 6.04 Å². The van der Waals surface area contributed by atoms with Gasteiger partial charge in [-0.25, -0.2) is 8.42 Å². The fraction of sp³-hybridized carbons (Fsp3) is 0.619. The summed E-state index contributed by atoms with van der Waals surface area (Å²) >= 11 is 0. The molecule has 0 bridgehead atoms. The normalized spacial score (nSPS) is 17.8. The molecule has 156 valence electrons. The van der Waals surface area contributed by atoms with E-state index in [0.29, 0.717) is 0 Å². The zero-order valence-electron chi connectivity index (χ0n) is 17.2. The van der Waals surface area contributed by atoms with E-state index < -0.39 is 15.9 Å². The topological polar surface area (TPSA) is 92.3 Å². The number of sulfone groups is 1. The Labute approximate surface area is 168 Å². The van der Waals surface area contributed by atoms with Crippen molar-refractivity contribution in [2.24, 2.45) is 11.8 Å². The summed E-state index contributed by atoms with van der Waals surface area (Å²) in [6.45, 7) is 5.67. The fourth-order valence-electron chi connectivity index (χ4n) is 3.56. The molecule has 0 aliphatic heterocycles. The number of rotatable bonds is 7. The molecule has 6 nitrogen and oxygen atoms in total. The van der Waals surface area contributed by atoms with Crippen LogP contribution in [0.15, 0.2) is 29.2 Å². The number of benzene rings is 1. The summed E-state index contributed by atoms with van der Waals surface area (Å²) in [5, 5.41) is 5.88. The van der Waals surface area contributed by atoms with Crippen molar-refractivity contribution in [1.29, 1.82) is 0 Å². The van der Waals surface area contributed by atoms with Gasteiger partial charge in [0, 0.05) is 12.2 Å². The monoisotopic (exact) mass is 408 g/mol. The zero-order valence-corrected chi connectivity index (χ0v) is 18.0. The molecule has 2 atom stereocenters. The van der Waals surface area contributed by atoms with E-state index in [1.807, 2.05) is 20.8 Å². The summed E-state index contributed by atoms with van der Waals surface area (Å²) in [6.07, 6.45) is 6.25. The van der Waals surface area contributed by atoms with Gasteiger partial charge < -0.3 is 10.6 Å². The van der Waals surface area contributed by atoms with Crippen LogP contribution >= 0.6 is 0 Å². The molecule has 0 aromatic heterocycles. The van der Waals surface area contributed by atoms with Gasteiger partial charge in [-0.3, -0.25) is 9.59 Å². The van der Waals surface area contributed by atoms with Crippen molar-refractivity contribution in [1.82, 2.24) is 10.6 Å². The maximum Gasteiger partial charge on any atom is 0.243 e. The number of amides is 2. The molecule has 2 N–H and O–H groups in total. The molecule has 0 unspecified atom stereocenters. The number of nitrogens with one attached hydrogen (secondary N) is 2. The standard InChI is InChI=1S/C21H32N2O4S/c1-14(2)19(23-20(24)17-8-6-5-7-9-17)21(25)22-15(3)16-10-12-18(13-11-16)28(4,26)27/h10-15,17,19H,5-9H2,1-4H3,(H,22,25)(H,23,24)/t15-,19-/m0/s1. The molecule has 2 rings (SSSR count). The van der Waals surface area contributed by atoms with Gasteiger partial charge >= 0.3 is 0 Å². The smallest absolute Gasteiger partial charge is 0.243 e. The van der Waals surface area contributed by atoms with Crippen molar-refractivity contribution in [3.8, 4) is 0 Å². The van der Waals surface area contributed by atoms with Crippen molar-refractivity contribution in [3.63, 3.8) is 0 Å². The highest BCUT2D eigenvalue weighted by atomic mass is 32.2. The van der Waals surface area contributed by atoms with Crippen LogP contribution in [0.3, 0.4) is 0 Å². The molecule has 0 spiro atoms. The quantitative estimate of drug-likeness (QED) is 0.725. The second kappa shape index (κ2) is 9.54. The van der Waals surface area contributed by atoms with Gasteiger partial charge in [-0.1, -0.05) is 45.2 Å². The average Bonchev–Trinajstić information content (AvgIpc) is 2.65. The summed E-state index contributed by atoms with van der Waals surface area (Å²) in [5.41, 5.74) is 0.807. The van der Waals surface area contributed by atoms with E-state index in [4.69, 9.17) is 0 Å². The third kappa shape index (κ3) is 6.06. The molecular formula is C21H32N2O4S. The Morgan fingerprint density at radius 3 is 2.04 bits per heavy atom. The van der Waals surface area contributed by atoms with Crippen LogP contribution in [-0.2, 0) is 19.4 Å². The molecule has 0 saturated heterocycles. The first kappa shape index (κ1) is 22.4. The van der Waals surface area contributed by atoms with Crippen molar-refractivity contribution in [3.05, 3.63) is 29.8 Å². The first-order valence-corrected chi connectivity index (χ1v) is 11.9. The predicted octanol–water partition coefficient (Wildman–Crippen LogP) is 2.99. The maximum absolute atomic E-state index is 12.8. The summed E-state index contributed by atoms with van der Waals surface area (Å²) < 4.78 is 23.2. The lowest BCUT2D eigenvalue weighted by molar-refractivity contribution is -0.133. The highest BCUT2D eigenvalue weighted by Gasteiger charge is 2.29. The third-order valence-electron chi connectivity index (χ3n) is 5.39. The van der Waals surface area contributed by atoms with E-state index in [1.54, 1.807) is 12.1 Å². The molecule has 2 amide bonds. The predicted molar refractivity (Wildman–Crippen MR) is 109 cm³/mol. The van der Waals surface area contributed by atoms with E-state index in [2.05, 4.69) is 10.6 Å². The van der Waals surface area contributed by atoms with Crippen molar-refractivity contribution in [2.75, 3.05) is 6.26 Å². The van der Waals surface area contributed by atoms with E-state index in [9.17, 15) is 18.0 Å². The third-order valence-corrected chi connectivity index (χ3v) is 6.52. The molecule has 7 heteroatoms. The Kier molecular flexibility index (Phi) is 7.63. The van der Waals surface area contributed by atoms with Crippen LogP contribution in [0.1, 0.15) is 64.5 Å². The van der Waals surface area contributed by atoms with E-state index >= 15 is 0 Å². The lowest BCUT2D eigenvalue weighted by Crippen LogP contribution is -2.51. The van der Waals surface area contributed by atoms with Crippen LogP contribution < -0.4 is 10.6 Å². The maximum atomic E-state index is 12.8. The second-order valence-corrected chi connectivity index (χ2v) is 10.2. The summed E-state index contributed by atoms with van der Waals surface area (Å²) in [6, 6.07) is 5.59. The van der Waals surface area contributed by atoms with E-state index in [0.717, 1.165) is 37.5 Å². The highest BCUT2D eigenvalue weighted by Crippen LogP contribution is 2.24. The van der Waals surface area contributed by atoms with Crippen molar-refractivity contribution >= 4 is 21.7 Å². The van der Waals surface area contributed by atoms with Gasteiger partial charge in [0.2, 0.25) is 11.8 Å². The van der Waals surface area contributed by atoms with Crippen molar-refractivity contribution in [2.45, 2.75) is 69.9 Å². The van der Waals surface area contributed by atoms with Crippen LogP contribution in [0, 0.1) is 11.8 Å². The number of hydrogen-bond acceptors (Lipinski definition) is 4. The van der Waals surface area contributed by atoms with Crippen LogP contribution in [0.25, 0.3) is 0 Å². The molecule has 1 saturated carbocycles. The highest BCUT2D eigenvalue weighted by molar-refractivity contribution is 7.90. The van der Waals surface area contributed by atoms with Gasteiger partial charge in [-0.2, -0.15) is 0 Å². The molecule has 1 fully saturated rings. The number of hydrogen-bond donors (Lipinski definition) is 2. The Balaban J connectivity index is 2.01. The second-order valence-electron chi connectivity index (χ2n) is 8.14. The molecule has 1 aliphatic rings. The van der Waals surface area contributed by atoms with Gasteiger partial charge in [0.05, 0.1) is 10.9 Å². The minimum atomic E-state index is -3.25. The first-order valence-electron chi connectivity index (χ1n) is 10.0. The van der Waals surface area contributed by atoms with Gasteiger partial charge in [-0.05, 0) is 43.4 Å². The number of carbonyl (C=O) groups is 2. The minimum Gasteiger partial charge on any atom is -0.348 e. The first-order chi connectivity index (χ1) is 13.1. The molecule has 1 aromatic rings. The Hall–Kier alpha value is -1.89. The van der Waals surface area contributed by atoms with Crippen LogP contribution in [-0.4, -0.2) is 32.5 Å². The average molecular weight is 409 g/mol. The lowest BCUT2D eigenvalue weighted by Gasteiger charge is -2.27. The molecule has 0 radical (unpaired) electrons. The molecular weight excluding hydrogens is 376 g/mol. The van der Waals surface area contributed by atoms with Gasteiger partial charge in [0.15, 0.2) is 9.84 Å². The molecule has 1 aromatic carbocycles. The summed E-state index contributed by atoms with van der Waals surface area (Å²) in [7, 11) is -3.25. The summed E-state index contributed by atoms with van der Waals surface area (Å²) in [4.78, 5) is 25.6. The summed E-state index contributed by atoms with van der Waals surface area (Å²) in [5.74, 6) is -0.284. The Morgan fingerprint density at radius 1 is 0.964 bits per heavy atom. The van der Waals surface area contributed by atoms with Crippen LogP contribution in [0.4, 0.5) is 0 Å². The van der Waals surface area contributed by atoms with E-state index in [-0.39, 0.29) is 34.6 Å². The lowest BCUT2D eigenvalue weighted by atomic mass is 9.88. The van der Waals surface area contributed by atoms with Crippen molar-refractivity contribution < 1.29 is 18.0 Å². The van der Waals surface area contributed by atoms with Crippen LogP contribution in [0.5, 0.6) is 0 Å². The number of carbonyl (C=O) groups excluding carboxylic acids is 2. The van der Waals surface area contributed by atoms with E-state index in [1.165, 1.54) is 18.6 Å². The fourth-order valence-corrected chi connectivity index (χ4v) is 4.19. The van der Waals surface area contributed by atoms with Crippen LogP contribution in [0.2, 0.25) is 0 Å². The SMILES string of the molecule is CC(C)[C@H](NC(=O)C1CCCCC1)C(=O)N[C@@H](C)c1ccc(S(C)(=O)=O)cc1. The largest absolute Gasteiger partial charge is 0.348 e. The zero-order chi connectivity index (χ0) is 20.9. The minimum absolute atomic E-state index is 0.00348.